The highest BCUT2D eigenvalue weighted by atomic mass is 35.5. The van der Waals surface area contributed by atoms with Crippen molar-refractivity contribution in [3.05, 3.63) is 58.4 Å². The molecule has 0 saturated heterocycles. The third kappa shape index (κ3) is 4.45. The van der Waals surface area contributed by atoms with Gasteiger partial charge in [0.05, 0.1) is 16.5 Å². The van der Waals surface area contributed by atoms with E-state index in [2.05, 4.69) is 10.6 Å². The molecule has 0 fully saturated rings. The largest absolute Gasteiger partial charge is 0.342 e. The van der Waals surface area contributed by atoms with Crippen molar-refractivity contribution in [1.29, 1.82) is 0 Å². The topological polar surface area (TPSA) is 118 Å². The molecule has 2 aromatic carbocycles. The third-order valence-corrected chi connectivity index (χ3v) is 6.18. The number of halogens is 1. The summed E-state index contributed by atoms with van der Waals surface area (Å²) >= 11 is 7.47. The first-order valence-electron chi connectivity index (χ1n) is 7.63. The minimum Gasteiger partial charge on any atom is -0.342 e. The fourth-order valence-corrected chi connectivity index (χ4v) is 4.35. The van der Waals surface area contributed by atoms with Gasteiger partial charge in [0.2, 0.25) is 15.9 Å². The number of amides is 2. The van der Waals surface area contributed by atoms with E-state index in [1.165, 1.54) is 35.6 Å². The van der Waals surface area contributed by atoms with Gasteiger partial charge >= 0.3 is 0 Å². The van der Waals surface area contributed by atoms with Crippen molar-refractivity contribution in [2.24, 2.45) is 5.14 Å². The van der Waals surface area contributed by atoms with Crippen LogP contribution >= 0.6 is 22.9 Å². The predicted octanol–water partition coefficient (Wildman–Crippen LogP) is 2.57. The van der Waals surface area contributed by atoms with E-state index < -0.39 is 21.8 Å². The summed E-state index contributed by atoms with van der Waals surface area (Å²) < 4.78 is 23.6. The molecule has 0 radical (unpaired) electrons. The Morgan fingerprint density at radius 3 is 2.56 bits per heavy atom. The van der Waals surface area contributed by atoms with Crippen LogP contribution < -0.4 is 15.8 Å². The lowest BCUT2D eigenvalue weighted by atomic mass is 10.2. The molecule has 140 valence electrons. The molecule has 1 aromatic heterocycles. The zero-order chi connectivity index (χ0) is 19.6. The monoisotopic (exact) mass is 423 g/mol. The van der Waals surface area contributed by atoms with Crippen molar-refractivity contribution in [3.63, 3.8) is 0 Å². The maximum absolute atomic E-state index is 12.3. The van der Waals surface area contributed by atoms with Gasteiger partial charge in [-0.2, -0.15) is 0 Å². The Hall–Kier alpha value is -2.46. The number of hydrogen-bond donors (Lipinski definition) is 3. The molecule has 0 aliphatic heterocycles. The molecule has 2 amide bonds. The van der Waals surface area contributed by atoms with Gasteiger partial charge in [-0.1, -0.05) is 35.9 Å². The first-order chi connectivity index (χ1) is 12.8. The van der Waals surface area contributed by atoms with E-state index in [1.54, 1.807) is 0 Å². The summed E-state index contributed by atoms with van der Waals surface area (Å²) in [5, 5.41) is 11.2. The Morgan fingerprint density at radius 2 is 1.85 bits per heavy atom. The van der Waals surface area contributed by atoms with Gasteiger partial charge in [-0.3, -0.25) is 9.59 Å². The van der Waals surface area contributed by atoms with Crippen molar-refractivity contribution in [3.8, 4) is 0 Å². The zero-order valence-electron chi connectivity index (χ0n) is 13.7. The molecule has 0 atom stereocenters. The van der Waals surface area contributed by atoms with Crippen molar-refractivity contribution in [2.75, 3.05) is 11.9 Å². The van der Waals surface area contributed by atoms with Crippen LogP contribution in [0.1, 0.15) is 9.67 Å². The Balaban J connectivity index is 1.65. The molecule has 3 aromatic rings. The molecule has 0 unspecified atom stereocenters. The first kappa shape index (κ1) is 19.3. The quantitative estimate of drug-likeness (QED) is 0.584. The fraction of sp³-hybridized carbons (Fsp3) is 0.0588. The van der Waals surface area contributed by atoms with Crippen LogP contribution in [0.15, 0.2) is 53.4 Å². The molecule has 0 aliphatic rings. The molecule has 1 heterocycles. The van der Waals surface area contributed by atoms with Crippen LogP contribution in [0.2, 0.25) is 5.02 Å². The molecule has 0 aliphatic carbocycles. The van der Waals surface area contributed by atoms with Gasteiger partial charge in [0.15, 0.2) is 0 Å². The van der Waals surface area contributed by atoms with E-state index in [-0.39, 0.29) is 17.1 Å². The summed E-state index contributed by atoms with van der Waals surface area (Å²) in [7, 11) is -3.87. The summed E-state index contributed by atoms with van der Waals surface area (Å²) in [6.45, 7) is -0.303. The highest BCUT2D eigenvalue weighted by molar-refractivity contribution is 7.89. The van der Waals surface area contributed by atoms with E-state index in [0.717, 1.165) is 10.1 Å². The SMILES string of the molecule is NS(=O)(=O)c1cccc(NC(=O)CNC(=O)c2sc3ccccc3c2Cl)c1. The normalized spacial score (nSPS) is 11.3. The second kappa shape index (κ2) is 7.65. The van der Waals surface area contributed by atoms with Gasteiger partial charge in [-0.05, 0) is 24.3 Å². The molecule has 10 heteroatoms. The number of carbonyl (C=O) groups is 2. The summed E-state index contributed by atoms with van der Waals surface area (Å²) in [4.78, 5) is 24.5. The molecule has 4 N–H and O–H groups in total. The molecule has 3 rings (SSSR count). The maximum atomic E-state index is 12.3. The number of rotatable bonds is 5. The Morgan fingerprint density at radius 1 is 1.11 bits per heavy atom. The van der Waals surface area contributed by atoms with Crippen LogP contribution in [0, 0.1) is 0 Å². The van der Waals surface area contributed by atoms with Crippen molar-refractivity contribution < 1.29 is 18.0 Å². The zero-order valence-corrected chi connectivity index (χ0v) is 16.1. The smallest absolute Gasteiger partial charge is 0.263 e. The summed E-state index contributed by atoms with van der Waals surface area (Å²) in [5.41, 5.74) is 0.251. The second-order valence-electron chi connectivity index (χ2n) is 5.55. The molecular weight excluding hydrogens is 410 g/mol. The van der Waals surface area contributed by atoms with Crippen LogP contribution in [-0.2, 0) is 14.8 Å². The van der Waals surface area contributed by atoms with Gasteiger partial charge in [0, 0.05) is 15.8 Å². The maximum Gasteiger partial charge on any atom is 0.263 e. The van der Waals surface area contributed by atoms with Crippen molar-refractivity contribution >= 4 is 60.5 Å². The highest BCUT2D eigenvalue weighted by Crippen LogP contribution is 2.34. The number of fused-ring (bicyclic) bond motifs is 1. The fourth-order valence-electron chi connectivity index (χ4n) is 2.36. The lowest BCUT2D eigenvalue weighted by Crippen LogP contribution is -2.32. The molecule has 7 nitrogen and oxygen atoms in total. The molecular formula is C17H14ClN3O4S2. The second-order valence-corrected chi connectivity index (χ2v) is 8.54. The number of primary sulfonamides is 1. The van der Waals surface area contributed by atoms with E-state index in [9.17, 15) is 18.0 Å². The number of nitrogens with two attached hydrogens (primary N) is 1. The van der Waals surface area contributed by atoms with Crippen LogP contribution in [0.5, 0.6) is 0 Å². The average Bonchev–Trinajstić information content (AvgIpc) is 2.96. The van der Waals surface area contributed by atoms with Crippen LogP contribution in [0.3, 0.4) is 0 Å². The summed E-state index contributed by atoms with van der Waals surface area (Å²) in [6, 6.07) is 12.9. The molecule has 0 spiro atoms. The van der Waals surface area contributed by atoms with Crippen LogP contribution in [0.4, 0.5) is 5.69 Å². The van der Waals surface area contributed by atoms with Crippen molar-refractivity contribution in [2.45, 2.75) is 4.90 Å². The van der Waals surface area contributed by atoms with Crippen molar-refractivity contribution in [1.82, 2.24) is 5.32 Å². The van der Waals surface area contributed by atoms with Gasteiger partial charge in [-0.25, -0.2) is 13.6 Å². The van der Waals surface area contributed by atoms with E-state index in [4.69, 9.17) is 16.7 Å². The molecule has 27 heavy (non-hydrogen) atoms. The van der Waals surface area contributed by atoms with Gasteiger partial charge in [0.25, 0.3) is 5.91 Å². The van der Waals surface area contributed by atoms with Gasteiger partial charge in [0.1, 0.15) is 4.88 Å². The average molecular weight is 424 g/mol. The predicted molar refractivity (Wildman–Crippen MR) is 106 cm³/mol. The van der Waals surface area contributed by atoms with E-state index in [0.29, 0.717) is 9.90 Å². The Kier molecular flexibility index (Phi) is 5.47. The molecule has 0 saturated carbocycles. The minimum atomic E-state index is -3.87. The minimum absolute atomic E-state index is 0.124. The first-order valence-corrected chi connectivity index (χ1v) is 10.4. The van der Waals surface area contributed by atoms with E-state index in [1.807, 2.05) is 24.3 Å². The standard InChI is InChI=1S/C17H14ClN3O4S2/c18-15-12-6-1-2-7-13(12)26-16(15)17(23)20-9-14(22)21-10-4-3-5-11(8-10)27(19,24)25/h1-8H,9H2,(H,20,23)(H,21,22)(H2,19,24,25). The van der Waals surface area contributed by atoms with Gasteiger partial charge < -0.3 is 10.6 Å². The highest BCUT2D eigenvalue weighted by Gasteiger charge is 2.17. The lowest BCUT2D eigenvalue weighted by molar-refractivity contribution is -0.115. The lowest BCUT2D eigenvalue weighted by Gasteiger charge is -2.07. The number of carbonyl (C=O) groups excluding carboxylic acids is 2. The number of anilines is 1. The van der Waals surface area contributed by atoms with E-state index >= 15 is 0 Å². The number of benzene rings is 2. The Labute approximate surface area is 164 Å². The number of nitrogens with one attached hydrogen (secondary N) is 2. The third-order valence-electron chi connectivity index (χ3n) is 3.60. The number of hydrogen-bond acceptors (Lipinski definition) is 5. The molecule has 0 bridgehead atoms. The van der Waals surface area contributed by atoms with Crippen LogP contribution in [-0.4, -0.2) is 26.8 Å². The number of thiophene rings is 1. The summed E-state index contributed by atoms with van der Waals surface area (Å²) in [6.07, 6.45) is 0. The van der Waals surface area contributed by atoms with Gasteiger partial charge in [-0.15, -0.1) is 11.3 Å². The summed E-state index contributed by atoms with van der Waals surface area (Å²) in [5.74, 6) is -0.984. The van der Waals surface area contributed by atoms with Crippen LogP contribution in [0.25, 0.3) is 10.1 Å². The Bertz CT molecular complexity index is 1140. The number of sulfonamides is 1.